The van der Waals surface area contributed by atoms with Gasteiger partial charge in [0.15, 0.2) is 27.9 Å². The summed E-state index contributed by atoms with van der Waals surface area (Å²) in [5.74, 6) is -0.203. The Morgan fingerprint density at radius 3 is 2.14 bits per heavy atom. The van der Waals surface area contributed by atoms with E-state index in [4.69, 9.17) is 14.2 Å². The van der Waals surface area contributed by atoms with Gasteiger partial charge in [-0.2, -0.15) is 0 Å². The molecule has 0 saturated heterocycles. The lowest BCUT2D eigenvalue weighted by molar-refractivity contribution is -0.119. The summed E-state index contributed by atoms with van der Waals surface area (Å²) in [7, 11) is -3.36. The molecule has 1 amide bonds. The normalized spacial score (nSPS) is 10.9. The summed E-state index contributed by atoms with van der Waals surface area (Å²) in [4.78, 5) is 24.2. The van der Waals surface area contributed by atoms with Crippen molar-refractivity contribution in [2.45, 2.75) is 18.7 Å². The summed E-state index contributed by atoms with van der Waals surface area (Å²) < 4.78 is 38.8. The van der Waals surface area contributed by atoms with Crippen LogP contribution >= 0.6 is 0 Å². The van der Waals surface area contributed by atoms with E-state index in [1.807, 2.05) is 13.8 Å². The van der Waals surface area contributed by atoms with Crippen LogP contribution in [0.5, 0.6) is 11.5 Å². The first-order valence-corrected chi connectivity index (χ1v) is 10.8. The Hall–Kier alpha value is -3.07. The van der Waals surface area contributed by atoms with Gasteiger partial charge in [-0.25, -0.2) is 13.2 Å². The fourth-order valence-corrected chi connectivity index (χ4v) is 3.01. The number of sulfone groups is 1. The number of benzene rings is 2. The van der Waals surface area contributed by atoms with E-state index >= 15 is 0 Å². The van der Waals surface area contributed by atoms with Crippen LogP contribution in [0.2, 0.25) is 0 Å². The molecule has 9 heteroatoms. The number of hydrogen-bond donors (Lipinski definition) is 1. The third-order valence-corrected chi connectivity index (χ3v) is 4.81. The van der Waals surface area contributed by atoms with Gasteiger partial charge in [0.1, 0.15) is 0 Å². The Labute approximate surface area is 169 Å². The Bertz CT molecular complexity index is 969. The molecule has 0 atom stereocenters. The van der Waals surface area contributed by atoms with Crippen LogP contribution in [-0.2, 0) is 19.4 Å². The number of amides is 1. The SMILES string of the molecule is CCOc1ccc(NC(=O)COC(=O)c2ccc(S(C)(=O)=O)cc2)cc1OCC. The van der Waals surface area contributed by atoms with Crippen LogP contribution in [-0.4, -0.2) is 46.4 Å². The maximum atomic E-state index is 12.1. The van der Waals surface area contributed by atoms with Crippen molar-refractivity contribution in [2.24, 2.45) is 0 Å². The van der Waals surface area contributed by atoms with Crippen LogP contribution in [0.25, 0.3) is 0 Å². The highest BCUT2D eigenvalue weighted by atomic mass is 32.2. The first-order valence-electron chi connectivity index (χ1n) is 8.91. The number of carbonyl (C=O) groups is 2. The minimum absolute atomic E-state index is 0.0902. The molecule has 2 aromatic carbocycles. The van der Waals surface area contributed by atoms with E-state index in [2.05, 4.69) is 5.32 Å². The number of carbonyl (C=O) groups excluding carboxylic acids is 2. The van der Waals surface area contributed by atoms with Crippen molar-refractivity contribution >= 4 is 27.4 Å². The van der Waals surface area contributed by atoms with E-state index < -0.39 is 28.3 Å². The zero-order valence-corrected chi connectivity index (χ0v) is 17.2. The summed E-state index contributed by atoms with van der Waals surface area (Å²) in [6.45, 7) is 4.11. The maximum Gasteiger partial charge on any atom is 0.338 e. The lowest BCUT2D eigenvalue weighted by Gasteiger charge is -2.13. The van der Waals surface area contributed by atoms with Crippen molar-refractivity contribution in [1.29, 1.82) is 0 Å². The number of nitrogens with one attached hydrogen (secondary N) is 1. The summed E-state index contributed by atoms with van der Waals surface area (Å²) >= 11 is 0. The second kappa shape index (κ2) is 9.92. The zero-order valence-electron chi connectivity index (χ0n) is 16.4. The summed E-state index contributed by atoms with van der Waals surface area (Å²) in [6.07, 6.45) is 1.07. The van der Waals surface area contributed by atoms with Crippen molar-refractivity contribution in [2.75, 3.05) is 31.4 Å². The molecule has 156 valence electrons. The molecule has 0 spiro atoms. The van der Waals surface area contributed by atoms with Crippen LogP contribution in [0.4, 0.5) is 5.69 Å². The third kappa shape index (κ3) is 6.49. The fraction of sp³-hybridized carbons (Fsp3) is 0.300. The van der Waals surface area contributed by atoms with Gasteiger partial charge in [0, 0.05) is 18.0 Å². The molecular formula is C20H23NO7S. The van der Waals surface area contributed by atoms with Gasteiger partial charge < -0.3 is 19.5 Å². The molecule has 0 fully saturated rings. The molecule has 0 saturated carbocycles. The molecule has 0 aromatic heterocycles. The van der Waals surface area contributed by atoms with Gasteiger partial charge >= 0.3 is 5.97 Å². The van der Waals surface area contributed by atoms with Crippen LogP contribution in [0, 0.1) is 0 Å². The van der Waals surface area contributed by atoms with Gasteiger partial charge in [-0.1, -0.05) is 0 Å². The summed E-state index contributed by atoms with van der Waals surface area (Å²) in [6, 6.07) is 10.2. The molecule has 2 aromatic rings. The smallest absolute Gasteiger partial charge is 0.338 e. The lowest BCUT2D eigenvalue weighted by Crippen LogP contribution is -2.21. The predicted molar refractivity (Wildman–Crippen MR) is 107 cm³/mol. The van der Waals surface area contributed by atoms with E-state index in [0.717, 1.165) is 6.26 Å². The third-order valence-electron chi connectivity index (χ3n) is 3.68. The van der Waals surface area contributed by atoms with Gasteiger partial charge in [-0.3, -0.25) is 4.79 Å². The Morgan fingerprint density at radius 1 is 0.931 bits per heavy atom. The van der Waals surface area contributed by atoms with E-state index in [1.165, 1.54) is 24.3 Å². The standard InChI is InChI=1S/C20H23NO7S/c1-4-26-17-11-8-15(12-18(17)27-5-2)21-19(22)13-28-20(23)14-6-9-16(10-7-14)29(3,24)25/h6-12H,4-5,13H2,1-3H3,(H,21,22). The molecule has 8 nitrogen and oxygen atoms in total. The molecule has 2 rings (SSSR count). The monoisotopic (exact) mass is 421 g/mol. The zero-order chi connectivity index (χ0) is 21.4. The average Bonchev–Trinajstić information content (AvgIpc) is 2.68. The Morgan fingerprint density at radius 2 is 1.55 bits per heavy atom. The minimum atomic E-state index is -3.36. The van der Waals surface area contributed by atoms with Gasteiger partial charge in [0.25, 0.3) is 5.91 Å². The summed E-state index contributed by atoms with van der Waals surface area (Å²) in [5, 5.41) is 2.61. The van der Waals surface area contributed by atoms with E-state index in [1.54, 1.807) is 18.2 Å². The highest BCUT2D eigenvalue weighted by molar-refractivity contribution is 7.90. The van der Waals surface area contributed by atoms with Crippen molar-refractivity contribution in [3.8, 4) is 11.5 Å². The summed E-state index contributed by atoms with van der Waals surface area (Å²) in [5.41, 5.74) is 0.611. The van der Waals surface area contributed by atoms with Crippen molar-refractivity contribution in [3.05, 3.63) is 48.0 Å². The van der Waals surface area contributed by atoms with E-state index in [0.29, 0.717) is 30.4 Å². The second-order valence-corrected chi connectivity index (χ2v) is 7.96. The highest BCUT2D eigenvalue weighted by Gasteiger charge is 2.14. The number of esters is 1. The predicted octanol–water partition coefficient (Wildman–Crippen LogP) is 2.68. The van der Waals surface area contributed by atoms with Gasteiger partial charge in [-0.15, -0.1) is 0 Å². The lowest BCUT2D eigenvalue weighted by atomic mass is 10.2. The number of rotatable bonds is 9. The number of hydrogen-bond acceptors (Lipinski definition) is 7. The second-order valence-electron chi connectivity index (χ2n) is 5.95. The van der Waals surface area contributed by atoms with Gasteiger partial charge in [0.05, 0.1) is 23.7 Å². The molecule has 0 heterocycles. The highest BCUT2D eigenvalue weighted by Crippen LogP contribution is 2.30. The first-order chi connectivity index (χ1) is 13.7. The molecule has 0 aliphatic rings. The van der Waals surface area contributed by atoms with Crippen LogP contribution in [0.15, 0.2) is 47.4 Å². The minimum Gasteiger partial charge on any atom is -0.490 e. The fourth-order valence-electron chi connectivity index (χ4n) is 2.38. The van der Waals surface area contributed by atoms with Crippen molar-refractivity contribution in [1.82, 2.24) is 0 Å². The van der Waals surface area contributed by atoms with Crippen LogP contribution in [0.3, 0.4) is 0 Å². The molecule has 29 heavy (non-hydrogen) atoms. The first kappa shape index (κ1) is 22.2. The molecule has 0 aliphatic heterocycles. The van der Waals surface area contributed by atoms with Gasteiger partial charge in [-0.05, 0) is 50.2 Å². The van der Waals surface area contributed by atoms with E-state index in [-0.39, 0.29) is 10.5 Å². The van der Waals surface area contributed by atoms with Crippen molar-refractivity contribution < 1.29 is 32.2 Å². The number of ether oxygens (including phenoxy) is 3. The van der Waals surface area contributed by atoms with E-state index in [9.17, 15) is 18.0 Å². The molecule has 0 bridgehead atoms. The molecule has 0 radical (unpaired) electrons. The maximum absolute atomic E-state index is 12.1. The quantitative estimate of drug-likeness (QED) is 0.620. The molecule has 0 unspecified atom stereocenters. The topological polar surface area (TPSA) is 108 Å². The molecule has 0 aliphatic carbocycles. The Kier molecular flexibility index (Phi) is 7.60. The van der Waals surface area contributed by atoms with Crippen LogP contribution < -0.4 is 14.8 Å². The van der Waals surface area contributed by atoms with Crippen LogP contribution in [0.1, 0.15) is 24.2 Å². The Balaban J connectivity index is 1.95. The molecular weight excluding hydrogens is 398 g/mol. The largest absolute Gasteiger partial charge is 0.490 e. The van der Waals surface area contributed by atoms with Gasteiger partial charge in [0.2, 0.25) is 0 Å². The molecule has 1 N–H and O–H groups in total. The van der Waals surface area contributed by atoms with Crippen molar-refractivity contribution in [3.63, 3.8) is 0 Å². The average molecular weight is 421 g/mol. The number of anilines is 1.